The number of nitrogens with zero attached hydrogens (tertiary/aromatic N) is 1. The van der Waals surface area contributed by atoms with Gasteiger partial charge in [-0.2, -0.15) is 0 Å². The lowest BCUT2D eigenvalue weighted by Gasteiger charge is -2.08. The number of rotatable bonds is 3. The fraction of sp³-hybridized carbons (Fsp3) is 0.500. The molecule has 2 nitrogen and oxygen atoms in total. The van der Waals surface area contributed by atoms with Crippen LogP contribution in [0.15, 0.2) is 18.5 Å². The zero-order valence-electron chi connectivity index (χ0n) is 7.62. The number of hydrogen-bond acceptors (Lipinski definition) is 2. The summed E-state index contributed by atoms with van der Waals surface area (Å²) < 4.78 is 0. The molecule has 0 spiro atoms. The van der Waals surface area contributed by atoms with Gasteiger partial charge in [0, 0.05) is 12.4 Å². The summed E-state index contributed by atoms with van der Waals surface area (Å²) in [6.07, 6.45) is 4.55. The normalized spacial score (nSPS) is 10.7. The molecule has 12 heavy (non-hydrogen) atoms. The Morgan fingerprint density at radius 1 is 1.42 bits per heavy atom. The number of pyridine rings is 1. The van der Waals surface area contributed by atoms with E-state index >= 15 is 0 Å². The van der Waals surface area contributed by atoms with E-state index in [2.05, 4.69) is 18.8 Å². The number of hydrogen-bond donors (Lipinski definition) is 1. The minimum absolute atomic E-state index is 0.116. The predicted molar refractivity (Wildman–Crippen MR) is 48.7 cm³/mol. The largest absolute Gasteiger partial charge is 0.392 e. The fourth-order valence-electron chi connectivity index (χ4n) is 1.23. The summed E-state index contributed by atoms with van der Waals surface area (Å²) in [5, 5.41) is 9.00. The Balaban J connectivity index is 2.82. The van der Waals surface area contributed by atoms with Crippen molar-refractivity contribution in [3.63, 3.8) is 0 Å². The second kappa shape index (κ2) is 4.21. The Hall–Kier alpha value is -0.890. The van der Waals surface area contributed by atoms with Crippen LogP contribution in [-0.4, -0.2) is 10.1 Å². The second-order valence-electron chi connectivity index (χ2n) is 3.40. The summed E-state index contributed by atoms with van der Waals surface area (Å²) in [6, 6.07) is 1.87. The van der Waals surface area contributed by atoms with E-state index in [9.17, 15) is 0 Å². The SMILES string of the molecule is CC(C)Cc1cnccc1CO. The van der Waals surface area contributed by atoms with Crippen molar-refractivity contribution in [3.05, 3.63) is 29.6 Å². The summed E-state index contributed by atoms with van der Waals surface area (Å²) in [5.74, 6) is 0.611. The van der Waals surface area contributed by atoms with Crippen molar-refractivity contribution in [1.29, 1.82) is 0 Å². The van der Waals surface area contributed by atoms with Crippen LogP contribution < -0.4 is 0 Å². The minimum Gasteiger partial charge on any atom is -0.392 e. The molecule has 0 unspecified atom stereocenters. The van der Waals surface area contributed by atoms with Crippen LogP contribution in [0.25, 0.3) is 0 Å². The minimum atomic E-state index is 0.116. The molecule has 0 saturated heterocycles. The van der Waals surface area contributed by atoms with Gasteiger partial charge in [-0.05, 0) is 29.5 Å². The zero-order valence-corrected chi connectivity index (χ0v) is 7.62. The lowest BCUT2D eigenvalue weighted by molar-refractivity contribution is 0.280. The second-order valence-corrected chi connectivity index (χ2v) is 3.40. The molecule has 0 saturated carbocycles. The Kier molecular flexibility index (Phi) is 3.23. The quantitative estimate of drug-likeness (QED) is 0.740. The van der Waals surface area contributed by atoms with Gasteiger partial charge in [0.25, 0.3) is 0 Å². The summed E-state index contributed by atoms with van der Waals surface area (Å²) >= 11 is 0. The van der Waals surface area contributed by atoms with Crippen LogP contribution in [-0.2, 0) is 13.0 Å². The third kappa shape index (κ3) is 2.31. The molecule has 0 radical (unpaired) electrons. The lowest BCUT2D eigenvalue weighted by Crippen LogP contribution is -1.99. The molecule has 0 amide bonds. The van der Waals surface area contributed by atoms with E-state index in [1.54, 1.807) is 6.20 Å². The van der Waals surface area contributed by atoms with Gasteiger partial charge < -0.3 is 5.11 Å². The van der Waals surface area contributed by atoms with Crippen molar-refractivity contribution in [1.82, 2.24) is 4.98 Å². The number of aliphatic hydroxyl groups excluding tert-OH is 1. The van der Waals surface area contributed by atoms with Gasteiger partial charge in [0.1, 0.15) is 0 Å². The van der Waals surface area contributed by atoms with Crippen LogP contribution in [0.4, 0.5) is 0 Å². The van der Waals surface area contributed by atoms with Crippen molar-refractivity contribution >= 4 is 0 Å². The van der Waals surface area contributed by atoms with Gasteiger partial charge in [0.2, 0.25) is 0 Å². The van der Waals surface area contributed by atoms with Gasteiger partial charge in [-0.15, -0.1) is 0 Å². The highest BCUT2D eigenvalue weighted by molar-refractivity contribution is 5.22. The molecule has 1 rings (SSSR count). The van der Waals surface area contributed by atoms with Crippen LogP contribution in [0.5, 0.6) is 0 Å². The predicted octanol–water partition coefficient (Wildman–Crippen LogP) is 1.77. The van der Waals surface area contributed by atoms with Gasteiger partial charge in [-0.3, -0.25) is 4.98 Å². The van der Waals surface area contributed by atoms with E-state index in [4.69, 9.17) is 5.11 Å². The molecule has 0 atom stereocenters. The summed E-state index contributed by atoms with van der Waals surface area (Å²) in [5.41, 5.74) is 2.16. The van der Waals surface area contributed by atoms with Gasteiger partial charge in [-0.25, -0.2) is 0 Å². The van der Waals surface area contributed by atoms with E-state index in [0.29, 0.717) is 5.92 Å². The van der Waals surface area contributed by atoms with Crippen LogP contribution in [0, 0.1) is 5.92 Å². The third-order valence-corrected chi connectivity index (χ3v) is 1.80. The molecule has 0 aliphatic rings. The topological polar surface area (TPSA) is 33.1 Å². The maximum absolute atomic E-state index is 9.00. The van der Waals surface area contributed by atoms with Crippen LogP contribution in [0.3, 0.4) is 0 Å². The van der Waals surface area contributed by atoms with Gasteiger partial charge in [0.15, 0.2) is 0 Å². The van der Waals surface area contributed by atoms with E-state index < -0.39 is 0 Å². The highest BCUT2D eigenvalue weighted by Gasteiger charge is 2.02. The van der Waals surface area contributed by atoms with Crippen molar-refractivity contribution in [2.24, 2.45) is 5.92 Å². The average Bonchev–Trinajstić information content (AvgIpc) is 2.04. The molecule has 1 N–H and O–H groups in total. The lowest BCUT2D eigenvalue weighted by atomic mass is 10.0. The Bertz CT molecular complexity index is 245. The molecule has 1 heterocycles. The van der Waals surface area contributed by atoms with Gasteiger partial charge in [0.05, 0.1) is 6.61 Å². The number of aromatic nitrogens is 1. The molecule has 0 aliphatic carbocycles. The van der Waals surface area contributed by atoms with Crippen LogP contribution in [0.2, 0.25) is 0 Å². The molecule has 0 aromatic carbocycles. The van der Waals surface area contributed by atoms with Crippen molar-refractivity contribution in [2.75, 3.05) is 0 Å². The highest BCUT2D eigenvalue weighted by atomic mass is 16.3. The maximum Gasteiger partial charge on any atom is 0.0685 e. The zero-order chi connectivity index (χ0) is 8.97. The van der Waals surface area contributed by atoms with Crippen molar-refractivity contribution in [3.8, 4) is 0 Å². The average molecular weight is 165 g/mol. The Morgan fingerprint density at radius 3 is 2.75 bits per heavy atom. The molecule has 2 heteroatoms. The smallest absolute Gasteiger partial charge is 0.0685 e. The van der Waals surface area contributed by atoms with E-state index in [-0.39, 0.29) is 6.61 Å². The van der Waals surface area contributed by atoms with Crippen LogP contribution >= 0.6 is 0 Å². The Morgan fingerprint density at radius 2 is 2.17 bits per heavy atom. The molecule has 1 aromatic heterocycles. The standard InChI is InChI=1S/C10H15NO/c1-8(2)5-10-6-11-4-3-9(10)7-12/h3-4,6,8,12H,5,7H2,1-2H3. The van der Waals surface area contributed by atoms with Crippen molar-refractivity contribution < 1.29 is 5.11 Å². The van der Waals surface area contributed by atoms with Gasteiger partial charge in [-0.1, -0.05) is 13.8 Å². The highest BCUT2D eigenvalue weighted by Crippen LogP contribution is 2.11. The van der Waals surface area contributed by atoms with Gasteiger partial charge >= 0.3 is 0 Å². The first kappa shape index (κ1) is 9.20. The molecular weight excluding hydrogens is 150 g/mol. The first-order valence-electron chi connectivity index (χ1n) is 4.26. The summed E-state index contributed by atoms with van der Waals surface area (Å²) in [7, 11) is 0. The monoisotopic (exact) mass is 165 g/mol. The molecule has 66 valence electrons. The third-order valence-electron chi connectivity index (χ3n) is 1.80. The fourth-order valence-corrected chi connectivity index (χ4v) is 1.23. The summed E-state index contributed by atoms with van der Waals surface area (Å²) in [6.45, 7) is 4.44. The van der Waals surface area contributed by atoms with E-state index in [1.807, 2.05) is 12.3 Å². The maximum atomic E-state index is 9.00. The first-order chi connectivity index (χ1) is 5.74. The van der Waals surface area contributed by atoms with E-state index in [1.165, 1.54) is 0 Å². The molecule has 1 aromatic rings. The molecular formula is C10H15NO. The summed E-state index contributed by atoms with van der Waals surface area (Å²) in [4.78, 5) is 4.04. The molecule has 0 fully saturated rings. The number of aliphatic hydroxyl groups is 1. The van der Waals surface area contributed by atoms with Crippen molar-refractivity contribution in [2.45, 2.75) is 26.9 Å². The first-order valence-corrected chi connectivity index (χ1v) is 4.26. The molecule has 0 aliphatic heterocycles. The van der Waals surface area contributed by atoms with E-state index in [0.717, 1.165) is 17.5 Å². The molecule has 0 bridgehead atoms. The van der Waals surface area contributed by atoms with Crippen LogP contribution in [0.1, 0.15) is 25.0 Å². The Labute approximate surface area is 73.3 Å².